The smallest absolute Gasteiger partial charge is 0.235 e. The minimum absolute atomic E-state index is 0.257. The van der Waals surface area contributed by atoms with Crippen LogP contribution in [0, 0.1) is 10.1 Å². The number of para-hydroxylation sites is 1. The van der Waals surface area contributed by atoms with Gasteiger partial charge < -0.3 is 10.1 Å². The van der Waals surface area contributed by atoms with E-state index in [0.29, 0.717) is 5.69 Å². The number of hydrogen-bond donors (Lipinski definition) is 2. The summed E-state index contributed by atoms with van der Waals surface area (Å²) in [6, 6.07) is 6.46. The van der Waals surface area contributed by atoms with Gasteiger partial charge in [-0.1, -0.05) is 12.1 Å². The van der Waals surface area contributed by atoms with Crippen molar-refractivity contribution in [2.75, 3.05) is 5.43 Å². The number of anilines is 1. The van der Waals surface area contributed by atoms with Crippen molar-refractivity contribution >= 4 is 17.3 Å². The number of benzene rings is 1. The summed E-state index contributed by atoms with van der Waals surface area (Å²) in [6.07, 6.45) is 0. The van der Waals surface area contributed by atoms with Gasteiger partial charge in [-0.15, -0.1) is 0 Å². The summed E-state index contributed by atoms with van der Waals surface area (Å²) < 4.78 is 0. The van der Waals surface area contributed by atoms with E-state index < -0.39 is 5.03 Å². The summed E-state index contributed by atoms with van der Waals surface area (Å²) >= 11 is 0. The van der Waals surface area contributed by atoms with Crippen molar-refractivity contribution < 1.29 is 9.83 Å². The summed E-state index contributed by atoms with van der Waals surface area (Å²) in [5, 5.41) is 15.3. The van der Waals surface area contributed by atoms with Gasteiger partial charge in [-0.2, -0.15) is 0 Å². The molecule has 0 aliphatic heterocycles. The van der Waals surface area contributed by atoms with Crippen LogP contribution < -0.4 is 10.9 Å². The van der Waals surface area contributed by atoms with Crippen molar-refractivity contribution in [1.82, 2.24) is 5.43 Å². The molecule has 1 rings (SSSR count). The van der Waals surface area contributed by atoms with Gasteiger partial charge in [-0.25, -0.2) is 0 Å². The highest BCUT2D eigenvalue weighted by Gasteiger charge is 2.06. The quantitative estimate of drug-likeness (QED) is 0.457. The molecule has 1 aromatic carbocycles. The van der Waals surface area contributed by atoms with Gasteiger partial charge in [0, 0.05) is 6.92 Å². The molecule has 0 radical (unpaired) electrons. The topological polar surface area (TPSA) is 109 Å². The van der Waals surface area contributed by atoms with Crippen LogP contribution in [-0.2, 0) is 4.79 Å². The van der Waals surface area contributed by atoms with Gasteiger partial charge in [0.1, 0.15) is 5.69 Å². The number of nitrogens with zero attached hydrogens (tertiary/aromatic N) is 3. The molecular formula is C8H9N5O3. The lowest BCUT2D eigenvalue weighted by Crippen LogP contribution is -2.26. The van der Waals surface area contributed by atoms with Crippen molar-refractivity contribution in [3.8, 4) is 0 Å². The molecule has 1 aromatic rings. The maximum Gasteiger partial charge on any atom is 0.235 e. The highest BCUT2D eigenvalue weighted by Crippen LogP contribution is 2.23. The van der Waals surface area contributed by atoms with Crippen LogP contribution in [0.4, 0.5) is 11.4 Å². The highest BCUT2D eigenvalue weighted by atomic mass is 16.7. The Morgan fingerprint density at radius 3 is 2.75 bits per heavy atom. The molecule has 16 heavy (non-hydrogen) atoms. The second-order valence-electron chi connectivity index (χ2n) is 2.75. The number of amides is 1. The first-order valence-corrected chi connectivity index (χ1v) is 4.27. The number of carbonyl (C=O) groups is 1. The fourth-order valence-corrected chi connectivity index (χ4v) is 0.907. The number of hydrazine groups is 1. The van der Waals surface area contributed by atoms with Crippen LogP contribution in [0.3, 0.4) is 0 Å². The highest BCUT2D eigenvalue weighted by molar-refractivity contribution is 5.76. The van der Waals surface area contributed by atoms with E-state index in [2.05, 4.69) is 21.2 Å². The number of nitro groups is 1. The first-order valence-electron chi connectivity index (χ1n) is 4.27. The Balaban J connectivity index is 2.83. The molecule has 0 aliphatic carbocycles. The molecule has 84 valence electrons. The van der Waals surface area contributed by atoms with E-state index in [-0.39, 0.29) is 11.6 Å². The van der Waals surface area contributed by atoms with E-state index in [0.717, 1.165) is 0 Å². The van der Waals surface area contributed by atoms with Gasteiger partial charge >= 0.3 is 0 Å². The molecule has 0 atom stereocenters. The van der Waals surface area contributed by atoms with E-state index >= 15 is 0 Å². The number of rotatable bonds is 4. The van der Waals surface area contributed by atoms with Gasteiger partial charge in [0.2, 0.25) is 11.6 Å². The summed E-state index contributed by atoms with van der Waals surface area (Å²) in [5.74, 6) is -0.291. The van der Waals surface area contributed by atoms with Crippen molar-refractivity contribution in [1.29, 1.82) is 0 Å². The lowest BCUT2D eigenvalue weighted by Gasteiger charge is -2.05. The molecule has 8 nitrogen and oxygen atoms in total. The maximum absolute atomic E-state index is 10.7. The Labute approximate surface area is 90.5 Å². The molecule has 0 saturated carbocycles. The molecule has 0 unspecified atom stereocenters. The van der Waals surface area contributed by atoms with Gasteiger partial charge in [-0.3, -0.25) is 15.6 Å². The van der Waals surface area contributed by atoms with Crippen LogP contribution in [0.1, 0.15) is 6.92 Å². The third kappa shape index (κ3) is 3.70. The molecule has 0 aromatic heterocycles. The zero-order valence-corrected chi connectivity index (χ0v) is 8.38. The van der Waals surface area contributed by atoms with Crippen LogP contribution in [0.5, 0.6) is 0 Å². The number of carbonyl (C=O) groups excluding carboxylic acids is 1. The fraction of sp³-hybridized carbons (Fsp3) is 0.125. The normalized spacial score (nSPS) is 10.1. The predicted octanol–water partition coefficient (Wildman–Crippen LogP) is 1.42. The Hall–Kier alpha value is -2.51. The molecular weight excluding hydrogens is 214 g/mol. The summed E-state index contributed by atoms with van der Waals surface area (Å²) in [5.41, 5.74) is 5.57. The number of hydrogen-bond acceptors (Lipinski definition) is 5. The lowest BCUT2D eigenvalue weighted by molar-refractivity contribution is -0.493. The van der Waals surface area contributed by atoms with Gasteiger partial charge in [0.25, 0.3) is 0 Å². The van der Waals surface area contributed by atoms with Crippen LogP contribution in [0.2, 0.25) is 0 Å². The molecule has 0 aliphatic rings. The van der Waals surface area contributed by atoms with Crippen molar-refractivity contribution in [3.63, 3.8) is 0 Å². The van der Waals surface area contributed by atoms with Crippen LogP contribution in [0.25, 0.3) is 0 Å². The molecule has 0 bridgehead atoms. The summed E-state index contributed by atoms with van der Waals surface area (Å²) in [7, 11) is 0. The standard InChI is InChI=1S/C8H9N5O3/c1-6(14)9-10-7-4-2-3-5-8(7)11-12-13(15)16/h2-5,10H,1H3,(H,9,14)/b12-11+. The third-order valence-corrected chi connectivity index (χ3v) is 1.50. The van der Waals surface area contributed by atoms with E-state index in [4.69, 9.17) is 0 Å². The first-order chi connectivity index (χ1) is 7.59. The minimum atomic E-state index is -0.908. The van der Waals surface area contributed by atoms with Crippen molar-refractivity contribution in [3.05, 3.63) is 34.4 Å². The SMILES string of the molecule is CC(=O)NNc1ccccc1/N=N/[N+](=O)[O-]. The van der Waals surface area contributed by atoms with Gasteiger partial charge in [0.15, 0.2) is 5.22 Å². The van der Waals surface area contributed by atoms with E-state index in [9.17, 15) is 14.9 Å². The first kappa shape index (κ1) is 11.6. The predicted molar refractivity (Wildman–Crippen MR) is 55.4 cm³/mol. The maximum atomic E-state index is 10.7. The fourth-order valence-electron chi connectivity index (χ4n) is 0.907. The molecule has 0 heterocycles. The molecule has 0 fully saturated rings. The van der Waals surface area contributed by atoms with Crippen LogP contribution in [-0.4, -0.2) is 10.9 Å². The van der Waals surface area contributed by atoms with Gasteiger partial charge in [-0.05, 0) is 12.1 Å². The monoisotopic (exact) mass is 223 g/mol. The summed E-state index contributed by atoms with van der Waals surface area (Å²) in [6.45, 7) is 1.33. The molecule has 0 spiro atoms. The molecule has 2 N–H and O–H groups in total. The Morgan fingerprint density at radius 1 is 1.44 bits per heavy atom. The average molecular weight is 223 g/mol. The van der Waals surface area contributed by atoms with Gasteiger partial charge in [0.05, 0.1) is 10.1 Å². The largest absolute Gasteiger partial charge is 0.337 e. The second kappa shape index (κ2) is 5.39. The molecule has 1 amide bonds. The molecule has 0 saturated heterocycles. The Bertz CT molecular complexity index is 431. The molecule has 8 heteroatoms. The average Bonchev–Trinajstić information content (AvgIpc) is 2.24. The lowest BCUT2D eigenvalue weighted by atomic mass is 10.3. The van der Waals surface area contributed by atoms with Crippen molar-refractivity contribution in [2.24, 2.45) is 10.3 Å². The zero-order chi connectivity index (χ0) is 12.0. The third-order valence-electron chi connectivity index (χ3n) is 1.50. The minimum Gasteiger partial charge on any atom is -0.337 e. The van der Waals surface area contributed by atoms with E-state index in [1.165, 1.54) is 13.0 Å². The van der Waals surface area contributed by atoms with Crippen LogP contribution in [0.15, 0.2) is 34.6 Å². The van der Waals surface area contributed by atoms with E-state index in [1.54, 1.807) is 18.2 Å². The number of nitrogens with one attached hydrogen (secondary N) is 2. The Morgan fingerprint density at radius 2 is 2.12 bits per heavy atom. The van der Waals surface area contributed by atoms with E-state index in [1.807, 2.05) is 0 Å². The Kier molecular flexibility index (Phi) is 3.90. The van der Waals surface area contributed by atoms with Crippen LogP contribution >= 0.6 is 0 Å². The van der Waals surface area contributed by atoms with Crippen molar-refractivity contribution in [2.45, 2.75) is 6.92 Å². The zero-order valence-electron chi connectivity index (χ0n) is 8.38. The second-order valence-corrected chi connectivity index (χ2v) is 2.75. The summed E-state index contributed by atoms with van der Waals surface area (Å²) in [4.78, 5) is 20.7.